The Balaban J connectivity index is 4.51. The average Bonchev–Trinajstić information content (AvgIpc) is 2.32. The first-order valence-electron chi connectivity index (χ1n) is 6.01. The zero-order valence-electron chi connectivity index (χ0n) is 11.4. The van der Waals surface area contributed by atoms with Crippen LogP contribution in [0.15, 0.2) is 0 Å². The molecule has 0 saturated heterocycles. The summed E-state index contributed by atoms with van der Waals surface area (Å²) < 4.78 is 85.8. The van der Waals surface area contributed by atoms with Crippen LogP contribution in [0.5, 0.6) is 0 Å². The second-order valence-electron chi connectivity index (χ2n) is 4.51. The first kappa shape index (κ1) is 20.4. The van der Waals surface area contributed by atoms with Crippen molar-refractivity contribution in [1.29, 1.82) is 0 Å². The summed E-state index contributed by atoms with van der Waals surface area (Å²) >= 11 is 0. The van der Waals surface area contributed by atoms with Crippen LogP contribution in [0.2, 0.25) is 0 Å². The summed E-state index contributed by atoms with van der Waals surface area (Å²) in [7, 11) is 0. The van der Waals surface area contributed by atoms with Gasteiger partial charge in [0.2, 0.25) is 0 Å². The molecule has 0 amide bonds. The van der Waals surface area contributed by atoms with E-state index < -0.39 is 50.8 Å². The van der Waals surface area contributed by atoms with Gasteiger partial charge in [-0.1, -0.05) is 0 Å². The van der Waals surface area contributed by atoms with Gasteiger partial charge in [-0.25, -0.2) is 0 Å². The number of rotatable bonds is 10. The minimum absolute atomic E-state index is 0.181. The Morgan fingerprint density at radius 1 is 0.714 bits per heavy atom. The van der Waals surface area contributed by atoms with Crippen LogP contribution in [-0.2, 0) is 14.2 Å². The first-order valence-corrected chi connectivity index (χ1v) is 6.01. The molecule has 0 aromatic heterocycles. The van der Waals surface area contributed by atoms with Gasteiger partial charge in [-0.3, -0.25) is 0 Å². The van der Waals surface area contributed by atoms with Gasteiger partial charge in [0.15, 0.2) is 0 Å². The molecule has 0 radical (unpaired) electrons. The maximum Gasteiger partial charge on any atom is 0.411 e. The number of ether oxygens (including phenoxy) is 3. The van der Waals surface area contributed by atoms with Gasteiger partial charge in [0.1, 0.15) is 13.2 Å². The van der Waals surface area contributed by atoms with Crippen molar-refractivity contribution >= 4 is 0 Å². The summed E-state index contributed by atoms with van der Waals surface area (Å²) in [4.78, 5) is 0. The molecule has 0 aliphatic heterocycles. The number of alkyl halides is 6. The largest absolute Gasteiger partial charge is 0.411 e. The van der Waals surface area contributed by atoms with E-state index in [4.69, 9.17) is 4.74 Å². The standard InChI is InChI=1S/C11H18F6O4/c1-2-19-4-9(3-18,5-20-7-10(12,13)14)6-21-8-11(15,16)17/h18H,2-8H2,1H3. The van der Waals surface area contributed by atoms with E-state index in [2.05, 4.69) is 9.47 Å². The van der Waals surface area contributed by atoms with E-state index >= 15 is 0 Å². The summed E-state index contributed by atoms with van der Waals surface area (Å²) in [5.74, 6) is 0. The molecular formula is C11H18F6O4. The molecule has 0 rings (SSSR count). The summed E-state index contributed by atoms with van der Waals surface area (Å²) in [6.45, 7) is -3.66. The third-order valence-corrected chi connectivity index (χ3v) is 2.30. The van der Waals surface area contributed by atoms with Crippen molar-refractivity contribution in [3.8, 4) is 0 Å². The highest BCUT2D eigenvalue weighted by Gasteiger charge is 2.36. The molecule has 10 heteroatoms. The van der Waals surface area contributed by atoms with Gasteiger partial charge in [0.05, 0.1) is 31.8 Å². The number of hydrogen-bond donors (Lipinski definition) is 1. The van der Waals surface area contributed by atoms with Crippen LogP contribution in [0.1, 0.15) is 6.92 Å². The third kappa shape index (κ3) is 10.7. The van der Waals surface area contributed by atoms with Crippen LogP contribution >= 0.6 is 0 Å². The van der Waals surface area contributed by atoms with Crippen molar-refractivity contribution in [2.75, 3.05) is 46.2 Å². The minimum Gasteiger partial charge on any atom is -0.396 e. The Morgan fingerprint density at radius 2 is 1.10 bits per heavy atom. The second-order valence-corrected chi connectivity index (χ2v) is 4.51. The summed E-state index contributed by atoms with van der Waals surface area (Å²) in [6, 6.07) is 0. The Morgan fingerprint density at radius 3 is 1.38 bits per heavy atom. The molecule has 0 atom stereocenters. The molecule has 0 heterocycles. The molecule has 1 N–H and O–H groups in total. The highest BCUT2D eigenvalue weighted by Crippen LogP contribution is 2.23. The minimum atomic E-state index is -4.57. The molecule has 0 saturated carbocycles. The summed E-state index contributed by atoms with van der Waals surface area (Å²) in [5, 5.41) is 9.26. The summed E-state index contributed by atoms with van der Waals surface area (Å²) in [6.07, 6.45) is -9.14. The molecule has 0 aliphatic rings. The second kappa shape index (κ2) is 8.76. The molecule has 0 fully saturated rings. The van der Waals surface area contributed by atoms with Gasteiger partial charge < -0.3 is 19.3 Å². The van der Waals surface area contributed by atoms with Crippen LogP contribution in [0.4, 0.5) is 26.3 Å². The highest BCUT2D eigenvalue weighted by atomic mass is 19.4. The van der Waals surface area contributed by atoms with Crippen molar-refractivity contribution in [2.24, 2.45) is 5.41 Å². The van der Waals surface area contributed by atoms with Gasteiger partial charge in [-0.2, -0.15) is 26.3 Å². The van der Waals surface area contributed by atoms with Crippen molar-refractivity contribution in [3.63, 3.8) is 0 Å². The number of aliphatic hydroxyl groups excluding tert-OH is 1. The van der Waals surface area contributed by atoms with Crippen LogP contribution in [0.3, 0.4) is 0 Å². The molecule has 0 aromatic rings. The van der Waals surface area contributed by atoms with Crippen LogP contribution in [0.25, 0.3) is 0 Å². The fourth-order valence-electron chi connectivity index (χ4n) is 1.35. The van der Waals surface area contributed by atoms with Gasteiger partial charge in [0, 0.05) is 6.61 Å². The molecule has 4 nitrogen and oxygen atoms in total. The topological polar surface area (TPSA) is 47.9 Å². The maximum absolute atomic E-state index is 12.0. The van der Waals surface area contributed by atoms with Crippen molar-refractivity contribution < 1.29 is 45.7 Å². The molecular weight excluding hydrogens is 310 g/mol. The van der Waals surface area contributed by atoms with Crippen molar-refractivity contribution in [3.05, 3.63) is 0 Å². The van der Waals surface area contributed by atoms with Crippen molar-refractivity contribution in [1.82, 2.24) is 0 Å². The summed E-state index contributed by atoms with van der Waals surface area (Å²) in [5.41, 5.74) is -1.48. The lowest BCUT2D eigenvalue weighted by atomic mass is 9.92. The zero-order valence-corrected chi connectivity index (χ0v) is 11.4. The SMILES string of the molecule is CCOCC(CO)(COCC(F)(F)F)COCC(F)(F)F. The number of hydrogen-bond acceptors (Lipinski definition) is 4. The van der Waals surface area contributed by atoms with E-state index in [1.54, 1.807) is 6.92 Å². The molecule has 21 heavy (non-hydrogen) atoms. The predicted molar refractivity (Wildman–Crippen MR) is 59.8 cm³/mol. The molecule has 128 valence electrons. The van der Waals surface area contributed by atoms with Crippen LogP contribution < -0.4 is 0 Å². The van der Waals surface area contributed by atoms with E-state index in [1.165, 1.54) is 0 Å². The zero-order chi connectivity index (χ0) is 16.6. The van der Waals surface area contributed by atoms with E-state index in [0.717, 1.165) is 0 Å². The predicted octanol–water partition coefficient (Wildman–Crippen LogP) is 2.16. The molecule has 0 unspecified atom stereocenters. The monoisotopic (exact) mass is 328 g/mol. The van der Waals surface area contributed by atoms with Gasteiger partial charge >= 0.3 is 12.4 Å². The smallest absolute Gasteiger partial charge is 0.396 e. The van der Waals surface area contributed by atoms with Crippen LogP contribution in [0, 0.1) is 5.41 Å². The number of aliphatic hydroxyl groups is 1. The first-order chi connectivity index (χ1) is 9.54. The van der Waals surface area contributed by atoms with Gasteiger partial charge in [-0.05, 0) is 6.92 Å². The lowest BCUT2D eigenvalue weighted by Gasteiger charge is -2.31. The highest BCUT2D eigenvalue weighted by molar-refractivity contribution is 4.79. The van der Waals surface area contributed by atoms with E-state index in [0.29, 0.717) is 0 Å². The number of halogens is 6. The van der Waals surface area contributed by atoms with E-state index in [9.17, 15) is 31.4 Å². The normalized spacial score (nSPS) is 13.7. The third-order valence-electron chi connectivity index (χ3n) is 2.30. The van der Waals surface area contributed by atoms with Crippen molar-refractivity contribution in [2.45, 2.75) is 19.3 Å². The Hall–Kier alpha value is -0.580. The van der Waals surface area contributed by atoms with E-state index in [1.807, 2.05) is 0 Å². The van der Waals surface area contributed by atoms with E-state index in [-0.39, 0.29) is 13.2 Å². The lowest BCUT2D eigenvalue weighted by Crippen LogP contribution is -2.42. The quantitative estimate of drug-likeness (QED) is 0.625. The van der Waals surface area contributed by atoms with Crippen LogP contribution in [-0.4, -0.2) is 63.7 Å². The van der Waals surface area contributed by atoms with Gasteiger partial charge in [0.25, 0.3) is 0 Å². The Kier molecular flexibility index (Phi) is 8.52. The average molecular weight is 328 g/mol. The van der Waals surface area contributed by atoms with Gasteiger partial charge in [-0.15, -0.1) is 0 Å². The maximum atomic E-state index is 12.0. The Labute approximate surface area is 118 Å². The molecule has 0 bridgehead atoms. The molecule has 0 spiro atoms. The fourth-order valence-corrected chi connectivity index (χ4v) is 1.35. The fraction of sp³-hybridized carbons (Fsp3) is 1.00. The Bertz CT molecular complexity index is 259. The molecule has 0 aliphatic carbocycles. The lowest BCUT2D eigenvalue weighted by molar-refractivity contribution is -0.203. The molecule has 0 aromatic carbocycles.